The average Bonchev–Trinajstić information content (AvgIpc) is 4.32. The molecule has 3 aliphatic heterocycles. The lowest BCUT2D eigenvalue weighted by atomic mass is 9.65. The lowest BCUT2D eigenvalue weighted by Gasteiger charge is -2.46. The molecule has 18 heteroatoms. The zero-order valence-corrected chi connectivity index (χ0v) is 42.2. The average molecular weight is 1040 g/mol. The van der Waals surface area contributed by atoms with E-state index in [0.29, 0.717) is 39.0 Å². The Balaban J connectivity index is 1.18. The van der Waals surface area contributed by atoms with E-state index in [1.54, 1.807) is 61.0 Å². The van der Waals surface area contributed by atoms with Gasteiger partial charge in [-0.2, -0.15) is 0 Å². The molecule has 11 rings (SSSR count). The van der Waals surface area contributed by atoms with Crippen molar-refractivity contribution in [1.82, 2.24) is 30.2 Å². The van der Waals surface area contributed by atoms with Crippen LogP contribution in [-0.2, 0) is 40.6 Å². The summed E-state index contributed by atoms with van der Waals surface area (Å²) in [6.07, 6.45) is -0.975. The number of amides is 4. The number of para-hydroxylation sites is 2. The first-order valence-electron chi connectivity index (χ1n) is 24.7. The number of ether oxygens (including phenoxy) is 3. The van der Waals surface area contributed by atoms with Crippen LogP contribution in [0.2, 0.25) is 0 Å². The number of rotatable bonds is 12. The Labute approximate surface area is 440 Å². The molecular weight excluding hydrogens is 985 g/mol. The van der Waals surface area contributed by atoms with Crippen molar-refractivity contribution in [2.24, 2.45) is 11.8 Å². The van der Waals surface area contributed by atoms with Crippen LogP contribution in [0.4, 0.5) is 15.6 Å². The van der Waals surface area contributed by atoms with Crippen LogP contribution in [0.15, 0.2) is 152 Å². The highest BCUT2D eigenvalue weighted by atomic mass is 32.1. The van der Waals surface area contributed by atoms with E-state index in [9.17, 15) is 9.90 Å². The number of aliphatic hydroxyl groups is 1. The van der Waals surface area contributed by atoms with E-state index >= 15 is 19.2 Å². The molecule has 2 fully saturated rings. The van der Waals surface area contributed by atoms with Crippen LogP contribution in [-0.4, -0.2) is 92.2 Å². The molecule has 7 atom stereocenters. The van der Waals surface area contributed by atoms with Gasteiger partial charge in [-0.05, 0) is 82.8 Å². The largest absolute Gasteiger partial charge is 0.491 e. The Bertz CT molecular complexity index is 3560. The van der Waals surface area contributed by atoms with Gasteiger partial charge in [0.1, 0.15) is 48.0 Å². The molecule has 8 aromatic rings. The molecule has 0 radical (unpaired) electrons. The fourth-order valence-corrected chi connectivity index (χ4v) is 11.9. The monoisotopic (exact) mass is 1030 g/mol. The van der Waals surface area contributed by atoms with Crippen LogP contribution in [0.3, 0.4) is 0 Å². The standard InChI is InChI=1S/C58H50N8O9S/c1-34(2)47(53(69)73-3)60-57(72)65-43-29-24-35(15-14-30-64-44-22-12-10-20-41(44)62-63-64)33-40(43)58(55(65)71)46(52(68)61-56-59-42-21-11-13-23-45(42)76-56)49-54(70)75-50(37-18-8-5-9-19-37)48(36-16-6-4-7-17-36)66(49)51(58)38-25-27-39(28-26-38)74-32-31-67/h4-13,16-29,33-34,46-51,67H,30-32H2,1-3H3,(H,60,72)(H,59,61,68)/t46-,47-,48-,49-,50+,51+,58-/m0/s1. The third-order valence-corrected chi connectivity index (χ3v) is 15.3. The summed E-state index contributed by atoms with van der Waals surface area (Å²) in [5, 5.41) is 24.3. The van der Waals surface area contributed by atoms with Crippen molar-refractivity contribution in [3.05, 3.63) is 179 Å². The molecule has 76 heavy (non-hydrogen) atoms. The number of methoxy groups -OCH3 is 1. The third kappa shape index (κ3) is 8.57. The predicted octanol–water partition coefficient (Wildman–Crippen LogP) is 7.68. The first-order valence-corrected chi connectivity index (χ1v) is 25.6. The number of carbonyl (C=O) groups excluding carboxylic acids is 5. The molecule has 3 aliphatic rings. The Kier molecular flexibility index (Phi) is 13.3. The number of nitrogens with zero attached hydrogens (tertiary/aromatic N) is 6. The number of nitrogens with one attached hydrogen (secondary N) is 2. The molecule has 0 aliphatic carbocycles. The highest BCUT2D eigenvalue weighted by Gasteiger charge is 2.75. The minimum absolute atomic E-state index is 0.00538. The van der Waals surface area contributed by atoms with Gasteiger partial charge in [0.15, 0.2) is 5.13 Å². The number of cyclic esters (lactones) is 1. The van der Waals surface area contributed by atoms with Gasteiger partial charge in [-0.1, -0.05) is 139 Å². The van der Waals surface area contributed by atoms with Crippen LogP contribution < -0.4 is 20.3 Å². The number of hydrogen-bond donors (Lipinski definition) is 3. The number of thiazole rings is 1. The second kappa shape index (κ2) is 20.5. The van der Waals surface area contributed by atoms with E-state index < -0.39 is 77.3 Å². The van der Waals surface area contributed by atoms with Crippen molar-refractivity contribution in [2.75, 3.05) is 30.5 Å². The van der Waals surface area contributed by atoms with E-state index in [4.69, 9.17) is 19.2 Å². The van der Waals surface area contributed by atoms with Gasteiger partial charge in [-0.25, -0.2) is 24.2 Å². The molecule has 0 saturated carbocycles. The van der Waals surface area contributed by atoms with E-state index in [0.717, 1.165) is 15.1 Å². The number of hydrogen-bond acceptors (Lipinski definition) is 14. The highest BCUT2D eigenvalue weighted by Crippen LogP contribution is 2.66. The van der Waals surface area contributed by atoms with Crippen LogP contribution in [0.1, 0.15) is 59.9 Å². The molecule has 17 nitrogen and oxygen atoms in total. The zero-order valence-electron chi connectivity index (χ0n) is 41.4. The number of benzene rings is 6. The number of esters is 2. The number of anilines is 2. The van der Waals surface area contributed by atoms with Crippen LogP contribution in [0.25, 0.3) is 21.3 Å². The number of imide groups is 1. The number of aromatic nitrogens is 4. The lowest BCUT2D eigenvalue weighted by Crippen LogP contribution is -2.57. The summed E-state index contributed by atoms with van der Waals surface area (Å²) in [6, 6.07) is 39.7. The number of urea groups is 1. The second-order valence-electron chi connectivity index (χ2n) is 19.0. The summed E-state index contributed by atoms with van der Waals surface area (Å²) in [7, 11) is 1.21. The number of aliphatic hydroxyl groups excluding tert-OH is 1. The molecule has 6 aromatic carbocycles. The Morgan fingerprint density at radius 1 is 0.829 bits per heavy atom. The van der Waals surface area contributed by atoms with E-state index in [1.165, 1.54) is 18.4 Å². The SMILES string of the molecule is COC(=O)[C@@H](NC(=O)N1C(=O)[C@@]2(c3cc(C#CCn4nnc5ccccc54)ccc31)[C@H](C(=O)Nc1nc3ccccc3s1)[C@H]1C(=O)O[C@H](c3ccccc3)[C@H](c3ccccc3)N1[C@@H]2c1ccc(OCCO)cc1)C(C)C. The fraction of sp³-hybridized carbons (Fsp3) is 0.241. The maximum Gasteiger partial charge on any atom is 0.329 e. The maximum absolute atomic E-state index is 16.8. The highest BCUT2D eigenvalue weighted by molar-refractivity contribution is 7.22. The Morgan fingerprint density at radius 2 is 1.53 bits per heavy atom. The first-order chi connectivity index (χ1) is 37.0. The van der Waals surface area contributed by atoms with Crippen molar-refractivity contribution < 1.29 is 43.3 Å². The predicted molar refractivity (Wildman–Crippen MR) is 283 cm³/mol. The van der Waals surface area contributed by atoms with Crippen LogP contribution in [0, 0.1) is 23.7 Å². The van der Waals surface area contributed by atoms with Crippen molar-refractivity contribution >= 4 is 73.2 Å². The summed E-state index contributed by atoms with van der Waals surface area (Å²) < 4.78 is 20.0. The molecule has 4 amide bonds. The molecule has 3 N–H and O–H groups in total. The lowest BCUT2D eigenvalue weighted by molar-refractivity contribution is -0.177. The summed E-state index contributed by atoms with van der Waals surface area (Å²) in [5.41, 5.74) is 2.50. The smallest absolute Gasteiger partial charge is 0.329 e. The number of fused-ring (bicyclic) bond motifs is 5. The van der Waals surface area contributed by atoms with E-state index in [1.807, 2.05) is 114 Å². The van der Waals surface area contributed by atoms with Crippen molar-refractivity contribution in [3.63, 3.8) is 0 Å². The van der Waals surface area contributed by atoms with Gasteiger partial charge in [0.2, 0.25) is 11.8 Å². The maximum atomic E-state index is 16.8. The molecule has 1 spiro atoms. The van der Waals surface area contributed by atoms with Crippen molar-refractivity contribution in [3.8, 4) is 17.6 Å². The second-order valence-corrected chi connectivity index (χ2v) is 20.0. The van der Waals surface area contributed by atoms with Crippen molar-refractivity contribution in [1.29, 1.82) is 0 Å². The van der Waals surface area contributed by atoms with Gasteiger partial charge < -0.3 is 30.0 Å². The third-order valence-electron chi connectivity index (χ3n) is 14.3. The van der Waals surface area contributed by atoms with Gasteiger partial charge in [-0.15, -0.1) is 5.10 Å². The fourth-order valence-electron chi connectivity index (χ4n) is 11.1. The number of carbonyl (C=O) groups is 5. The van der Waals surface area contributed by atoms with E-state index in [-0.39, 0.29) is 36.1 Å². The van der Waals surface area contributed by atoms with Crippen LogP contribution >= 0.6 is 11.3 Å². The topological polar surface area (TPSA) is 207 Å². The van der Waals surface area contributed by atoms with E-state index in [2.05, 4.69) is 32.8 Å². The minimum atomic E-state index is -2.17. The summed E-state index contributed by atoms with van der Waals surface area (Å²) in [5.74, 6) is 1.61. The van der Waals surface area contributed by atoms with Gasteiger partial charge >= 0.3 is 18.0 Å². The normalized spacial score (nSPS) is 21.2. The number of morpholine rings is 1. The molecule has 5 heterocycles. The quantitative estimate of drug-likeness (QED) is 0.0794. The van der Waals surface area contributed by atoms with Gasteiger partial charge in [0.25, 0.3) is 0 Å². The molecule has 0 bridgehead atoms. The molecule has 2 saturated heterocycles. The van der Waals surface area contributed by atoms with Gasteiger partial charge in [0.05, 0.1) is 53.1 Å². The zero-order chi connectivity index (χ0) is 52.7. The van der Waals surface area contributed by atoms with Crippen LogP contribution in [0.5, 0.6) is 5.75 Å². The Hall–Kier alpha value is -8.76. The summed E-state index contributed by atoms with van der Waals surface area (Å²) in [6.45, 7) is 3.37. The molecule has 382 valence electrons. The first kappa shape index (κ1) is 49.5. The van der Waals surface area contributed by atoms with Gasteiger partial charge in [0, 0.05) is 5.56 Å². The summed E-state index contributed by atoms with van der Waals surface area (Å²) in [4.78, 5) is 84.8. The van der Waals surface area contributed by atoms with Gasteiger partial charge in [-0.3, -0.25) is 19.3 Å². The molecule has 0 unspecified atom stereocenters. The molecular formula is C58H50N8O9S. The Morgan fingerprint density at radius 3 is 2.24 bits per heavy atom. The van der Waals surface area contributed by atoms with Crippen molar-refractivity contribution in [2.45, 2.75) is 56.1 Å². The summed E-state index contributed by atoms with van der Waals surface area (Å²) >= 11 is 1.23. The minimum Gasteiger partial charge on any atom is -0.491 e. The molecule has 2 aromatic heterocycles.